The largest absolute Gasteiger partial charge is 0.480 e. The van der Waals surface area contributed by atoms with Gasteiger partial charge in [-0.3, -0.25) is 4.79 Å². The van der Waals surface area contributed by atoms with Gasteiger partial charge < -0.3 is 5.11 Å². The monoisotopic (exact) mass is 336 g/mol. The molecular weight excluding hydrogens is 304 g/mol. The van der Waals surface area contributed by atoms with E-state index in [0.29, 0.717) is 0 Å². The number of benzene rings is 1. The minimum Gasteiger partial charge on any atom is -0.480 e. The zero-order valence-corrected chi connectivity index (χ0v) is 16.5. The first-order valence-electron chi connectivity index (χ1n) is 8.50. The van der Waals surface area contributed by atoms with Crippen LogP contribution in [0.25, 0.3) is 0 Å². The molecule has 23 heavy (non-hydrogen) atoms. The number of hydrogen-bond donors (Lipinski definition) is 1. The van der Waals surface area contributed by atoms with Crippen molar-refractivity contribution in [2.75, 3.05) is 0 Å². The summed E-state index contributed by atoms with van der Waals surface area (Å²) in [5.74, 6) is -0.707. The predicted octanol–water partition coefficient (Wildman–Crippen LogP) is 6.02. The van der Waals surface area contributed by atoms with Gasteiger partial charge in [0.1, 0.15) is 5.25 Å². The van der Waals surface area contributed by atoms with Gasteiger partial charge in [-0.25, -0.2) is 0 Å². The van der Waals surface area contributed by atoms with E-state index in [-0.39, 0.29) is 16.1 Å². The molecule has 0 fully saturated rings. The molecule has 130 valence electrons. The van der Waals surface area contributed by atoms with Gasteiger partial charge in [-0.15, -0.1) is 11.8 Å². The molecule has 0 aliphatic carbocycles. The summed E-state index contributed by atoms with van der Waals surface area (Å²) in [6, 6.07) is 6.61. The normalized spacial score (nSPS) is 13.9. The molecule has 1 aromatic rings. The van der Waals surface area contributed by atoms with Gasteiger partial charge >= 0.3 is 5.97 Å². The van der Waals surface area contributed by atoms with E-state index in [0.717, 1.165) is 24.2 Å². The summed E-state index contributed by atoms with van der Waals surface area (Å²) in [6.45, 7) is 15.3. The van der Waals surface area contributed by atoms with Crippen LogP contribution in [0.4, 0.5) is 0 Å². The van der Waals surface area contributed by atoms with Crippen LogP contribution in [0.15, 0.2) is 23.1 Å². The van der Waals surface area contributed by atoms with E-state index in [2.05, 4.69) is 66.7 Å². The highest BCUT2D eigenvalue weighted by Crippen LogP contribution is 2.35. The van der Waals surface area contributed by atoms with Crippen LogP contribution in [-0.4, -0.2) is 16.3 Å². The van der Waals surface area contributed by atoms with Gasteiger partial charge in [0.2, 0.25) is 0 Å². The lowest BCUT2D eigenvalue weighted by atomic mass is 9.81. The van der Waals surface area contributed by atoms with Crippen molar-refractivity contribution in [1.82, 2.24) is 0 Å². The molecule has 0 aromatic heterocycles. The summed E-state index contributed by atoms with van der Waals surface area (Å²) in [5.41, 5.74) is 2.65. The van der Waals surface area contributed by atoms with Gasteiger partial charge in [-0.05, 0) is 40.5 Å². The lowest BCUT2D eigenvalue weighted by Crippen LogP contribution is -2.18. The highest BCUT2D eigenvalue weighted by molar-refractivity contribution is 8.00. The number of unbranched alkanes of at least 4 members (excludes halogenated alkanes) is 1. The quantitative estimate of drug-likeness (QED) is 0.646. The number of thioether (sulfide) groups is 1. The maximum absolute atomic E-state index is 11.6. The fourth-order valence-corrected chi connectivity index (χ4v) is 3.42. The summed E-state index contributed by atoms with van der Waals surface area (Å²) in [6.07, 6.45) is 2.70. The molecule has 1 rings (SSSR count). The zero-order chi connectivity index (χ0) is 17.8. The molecule has 1 atom stereocenters. The van der Waals surface area contributed by atoms with Crippen LogP contribution in [-0.2, 0) is 15.6 Å². The van der Waals surface area contributed by atoms with Crippen LogP contribution < -0.4 is 0 Å². The van der Waals surface area contributed by atoms with Crippen LogP contribution >= 0.6 is 11.8 Å². The molecule has 0 saturated carbocycles. The van der Waals surface area contributed by atoms with Crippen molar-refractivity contribution in [2.45, 2.75) is 88.7 Å². The summed E-state index contributed by atoms with van der Waals surface area (Å²) in [4.78, 5) is 12.6. The minimum absolute atomic E-state index is 0.0543. The Bertz CT molecular complexity index is 503. The van der Waals surface area contributed by atoms with Gasteiger partial charge in [0.15, 0.2) is 0 Å². The molecule has 0 heterocycles. The minimum atomic E-state index is -0.707. The molecule has 0 aliphatic heterocycles. The first-order valence-corrected chi connectivity index (χ1v) is 9.38. The summed E-state index contributed by atoms with van der Waals surface area (Å²) in [7, 11) is 0. The second kappa shape index (κ2) is 7.74. The van der Waals surface area contributed by atoms with Crippen molar-refractivity contribution in [3.05, 3.63) is 29.3 Å². The molecular formula is C20H32O2S. The van der Waals surface area contributed by atoms with Crippen molar-refractivity contribution >= 4 is 17.7 Å². The molecule has 1 N–H and O–H groups in total. The Hall–Kier alpha value is -0.960. The number of carboxylic acids is 1. The number of carbonyl (C=O) groups is 1. The van der Waals surface area contributed by atoms with Crippen LogP contribution in [0.1, 0.15) is 78.9 Å². The molecule has 2 nitrogen and oxygen atoms in total. The first-order chi connectivity index (χ1) is 10.4. The van der Waals surface area contributed by atoms with Crippen molar-refractivity contribution < 1.29 is 9.90 Å². The number of aliphatic carboxylic acids is 1. The second-order valence-corrected chi connectivity index (χ2v) is 9.61. The van der Waals surface area contributed by atoms with Crippen LogP contribution in [0.3, 0.4) is 0 Å². The molecule has 0 spiro atoms. The maximum Gasteiger partial charge on any atom is 0.316 e. The molecule has 0 amide bonds. The van der Waals surface area contributed by atoms with E-state index in [4.69, 9.17) is 0 Å². The standard InChI is InChI=1S/C20H32O2S/c1-8-9-10-17(18(21)22)23-16-12-14(19(2,3)4)11-15(13-16)20(5,6)7/h11-13,17H,8-10H2,1-7H3,(H,21,22). The third-order valence-electron chi connectivity index (χ3n) is 4.01. The molecule has 3 heteroatoms. The van der Waals surface area contributed by atoms with Crippen molar-refractivity contribution in [3.63, 3.8) is 0 Å². The zero-order valence-electron chi connectivity index (χ0n) is 15.7. The third-order valence-corrected chi connectivity index (χ3v) is 5.24. The highest BCUT2D eigenvalue weighted by atomic mass is 32.2. The third kappa shape index (κ3) is 6.21. The van der Waals surface area contributed by atoms with Gasteiger partial charge in [0.05, 0.1) is 0 Å². The van der Waals surface area contributed by atoms with E-state index < -0.39 is 5.97 Å². The summed E-state index contributed by atoms with van der Waals surface area (Å²) in [5, 5.41) is 9.14. The van der Waals surface area contributed by atoms with E-state index in [1.165, 1.54) is 22.9 Å². The smallest absolute Gasteiger partial charge is 0.316 e. The lowest BCUT2D eigenvalue weighted by Gasteiger charge is -2.26. The average molecular weight is 337 g/mol. The molecule has 0 radical (unpaired) electrons. The van der Waals surface area contributed by atoms with Crippen molar-refractivity contribution in [2.24, 2.45) is 0 Å². The summed E-state index contributed by atoms with van der Waals surface area (Å²) < 4.78 is 0. The maximum atomic E-state index is 11.6. The van der Waals surface area contributed by atoms with Crippen LogP contribution in [0.2, 0.25) is 0 Å². The van der Waals surface area contributed by atoms with Crippen molar-refractivity contribution in [3.8, 4) is 0 Å². The van der Waals surface area contributed by atoms with E-state index in [1.54, 1.807) is 0 Å². The highest BCUT2D eigenvalue weighted by Gasteiger charge is 2.23. The molecule has 0 aliphatic rings. The van der Waals surface area contributed by atoms with Crippen LogP contribution in [0.5, 0.6) is 0 Å². The van der Waals surface area contributed by atoms with Gasteiger partial charge in [-0.2, -0.15) is 0 Å². The molecule has 0 bridgehead atoms. The molecule has 0 saturated heterocycles. The number of carboxylic acid groups (broad SMARTS) is 1. The Morgan fingerprint density at radius 3 is 1.87 bits per heavy atom. The SMILES string of the molecule is CCCCC(Sc1cc(C(C)(C)C)cc(C(C)(C)C)c1)C(=O)O. The number of rotatable bonds is 6. The molecule has 1 aromatic carbocycles. The Labute approximate surface area is 146 Å². The van der Waals surface area contributed by atoms with E-state index >= 15 is 0 Å². The van der Waals surface area contributed by atoms with Crippen molar-refractivity contribution in [1.29, 1.82) is 0 Å². The topological polar surface area (TPSA) is 37.3 Å². The lowest BCUT2D eigenvalue weighted by molar-refractivity contribution is -0.136. The Kier molecular flexibility index (Phi) is 6.76. The predicted molar refractivity (Wildman–Crippen MR) is 101 cm³/mol. The Morgan fingerprint density at radius 2 is 1.52 bits per heavy atom. The number of hydrogen-bond acceptors (Lipinski definition) is 2. The van der Waals surface area contributed by atoms with E-state index in [9.17, 15) is 9.90 Å². The molecule has 1 unspecified atom stereocenters. The Balaban J connectivity index is 3.21. The van der Waals surface area contributed by atoms with Gasteiger partial charge in [0, 0.05) is 4.90 Å². The average Bonchev–Trinajstić information content (AvgIpc) is 2.40. The first kappa shape index (κ1) is 20.1. The van der Waals surface area contributed by atoms with Gasteiger partial charge in [-0.1, -0.05) is 67.4 Å². The van der Waals surface area contributed by atoms with Gasteiger partial charge in [0.25, 0.3) is 0 Å². The second-order valence-electron chi connectivity index (χ2n) is 8.33. The fourth-order valence-electron chi connectivity index (χ4n) is 2.32. The fraction of sp³-hybridized carbons (Fsp3) is 0.650. The Morgan fingerprint density at radius 1 is 1.04 bits per heavy atom. The van der Waals surface area contributed by atoms with Crippen LogP contribution in [0, 0.1) is 0 Å². The van der Waals surface area contributed by atoms with E-state index in [1.807, 2.05) is 0 Å². The summed E-state index contributed by atoms with van der Waals surface area (Å²) >= 11 is 1.50.